The Morgan fingerprint density at radius 3 is 2.18 bits per heavy atom. The van der Waals surface area contributed by atoms with Gasteiger partial charge < -0.3 is 4.90 Å². The first-order valence-electron chi connectivity index (χ1n) is 5.12. The van der Waals surface area contributed by atoms with Crippen LogP contribution in [0.15, 0.2) is 0 Å². The van der Waals surface area contributed by atoms with Crippen LogP contribution >= 0.6 is 0 Å². The van der Waals surface area contributed by atoms with E-state index < -0.39 is 0 Å². The molecule has 0 unspecified atom stereocenters. The third-order valence-corrected chi connectivity index (χ3v) is 3.43. The van der Waals surface area contributed by atoms with Crippen molar-refractivity contribution in [2.75, 3.05) is 13.1 Å². The van der Waals surface area contributed by atoms with Crippen molar-refractivity contribution in [3.63, 3.8) is 0 Å². The van der Waals surface area contributed by atoms with Gasteiger partial charge in [-0.3, -0.25) is 0 Å². The van der Waals surface area contributed by atoms with Gasteiger partial charge >= 0.3 is 0 Å². The average Bonchev–Trinajstić information content (AvgIpc) is 2.04. The van der Waals surface area contributed by atoms with Crippen molar-refractivity contribution in [1.82, 2.24) is 4.90 Å². The maximum absolute atomic E-state index is 2.72. The highest BCUT2D eigenvalue weighted by Crippen LogP contribution is 2.32. The average molecular weight is 153 g/mol. The normalized spacial score (nSPS) is 40.1. The summed E-state index contributed by atoms with van der Waals surface area (Å²) in [6.07, 6.45) is 7.31. The van der Waals surface area contributed by atoms with Gasteiger partial charge in [-0.15, -0.1) is 0 Å². The molecule has 1 heterocycles. The minimum absolute atomic E-state index is 0.968. The highest BCUT2D eigenvalue weighted by atomic mass is 15.2. The molecule has 0 aromatic rings. The molecule has 0 amide bonds. The van der Waals surface area contributed by atoms with Gasteiger partial charge in [-0.05, 0) is 44.7 Å². The fraction of sp³-hybridized carbons (Fsp3) is 1.00. The second-order valence-electron chi connectivity index (χ2n) is 4.22. The number of hydrogen-bond donors (Lipinski definition) is 0. The van der Waals surface area contributed by atoms with Crippen LogP contribution in [-0.2, 0) is 0 Å². The van der Waals surface area contributed by atoms with Gasteiger partial charge in [0.2, 0.25) is 0 Å². The first-order chi connectivity index (χ1) is 5.38. The van der Waals surface area contributed by atoms with Gasteiger partial charge in [0.15, 0.2) is 0 Å². The molecule has 2 aliphatic rings. The van der Waals surface area contributed by atoms with E-state index >= 15 is 0 Å². The monoisotopic (exact) mass is 153 g/mol. The second kappa shape index (κ2) is 3.14. The molecular formula is C10H19N. The quantitative estimate of drug-likeness (QED) is 0.558. The van der Waals surface area contributed by atoms with Crippen molar-refractivity contribution >= 4 is 0 Å². The van der Waals surface area contributed by atoms with Crippen LogP contribution in [0, 0.1) is 5.92 Å². The molecule has 1 nitrogen and oxygen atoms in total. The maximum atomic E-state index is 2.72. The number of piperidine rings is 1. The van der Waals surface area contributed by atoms with Crippen LogP contribution < -0.4 is 0 Å². The molecule has 0 spiro atoms. The van der Waals surface area contributed by atoms with Gasteiger partial charge in [0.05, 0.1) is 0 Å². The van der Waals surface area contributed by atoms with E-state index in [1.807, 2.05) is 0 Å². The Kier molecular flexibility index (Phi) is 2.17. The lowest BCUT2D eigenvalue weighted by Crippen LogP contribution is -2.48. The Morgan fingerprint density at radius 2 is 1.73 bits per heavy atom. The van der Waals surface area contributed by atoms with E-state index in [1.165, 1.54) is 45.2 Å². The smallest absolute Gasteiger partial charge is 0.0121 e. The third-order valence-electron chi connectivity index (χ3n) is 3.43. The Bertz CT molecular complexity index is 127. The molecule has 2 rings (SSSR count). The topological polar surface area (TPSA) is 3.24 Å². The van der Waals surface area contributed by atoms with Gasteiger partial charge in [0.1, 0.15) is 0 Å². The van der Waals surface area contributed by atoms with Crippen molar-refractivity contribution in [3.8, 4) is 0 Å². The maximum Gasteiger partial charge on any atom is 0.0121 e. The van der Waals surface area contributed by atoms with Gasteiger partial charge in [-0.1, -0.05) is 13.3 Å². The molecular weight excluding hydrogens is 134 g/mol. The molecule has 0 aromatic heterocycles. The van der Waals surface area contributed by atoms with Crippen LogP contribution in [0.25, 0.3) is 0 Å². The zero-order valence-electron chi connectivity index (χ0n) is 7.55. The third kappa shape index (κ3) is 1.44. The summed E-state index contributed by atoms with van der Waals surface area (Å²) in [5.74, 6) is 0.994. The zero-order chi connectivity index (χ0) is 7.68. The SMILES string of the molecule is C[C@H]1CC[C@@H]1N1CCCCC1. The Morgan fingerprint density at radius 1 is 1.00 bits per heavy atom. The molecule has 1 heteroatoms. The number of hydrogen-bond acceptors (Lipinski definition) is 1. The first kappa shape index (κ1) is 7.60. The van der Waals surface area contributed by atoms with Crippen molar-refractivity contribution in [2.45, 2.75) is 45.1 Å². The van der Waals surface area contributed by atoms with Crippen LogP contribution in [-0.4, -0.2) is 24.0 Å². The van der Waals surface area contributed by atoms with Crippen molar-refractivity contribution in [3.05, 3.63) is 0 Å². The minimum atomic E-state index is 0.968. The van der Waals surface area contributed by atoms with E-state index in [2.05, 4.69) is 11.8 Å². The summed E-state index contributed by atoms with van der Waals surface area (Å²) >= 11 is 0. The van der Waals surface area contributed by atoms with Crippen molar-refractivity contribution in [1.29, 1.82) is 0 Å². The molecule has 1 saturated carbocycles. The van der Waals surface area contributed by atoms with Crippen LogP contribution in [0.4, 0.5) is 0 Å². The molecule has 0 bridgehead atoms. The van der Waals surface area contributed by atoms with E-state index in [0.717, 1.165) is 12.0 Å². The zero-order valence-corrected chi connectivity index (χ0v) is 7.55. The largest absolute Gasteiger partial charge is 0.300 e. The number of likely N-dealkylation sites (tertiary alicyclic amines) is 1. The summed E-state index contributed by atoms with van der Waals surface area (Å²) < 4.78 is 0. The van der Waals surface area contributed by atoms with Gasteiger partial charge in [-0.2, -0.15) is 0 Å². The molecule has 1 saturated heterocycles. The lowest BCUT2D eigenvalue weighted by atomic mass is 9.79. The molecule has 0 radical (unpaired) electrons. The Labute approximate surface area is 69.8 Å². The second-order valence-corrected chi connectivity index (χ2v) is 4.22. The fourth-order valence-corrected chi connectivity index (χ4v) is 2.44. The molecule has 11 heavy (non-hydrogen) atoms. The molecule has 1 aliphatic carbocycles. The first-order valence-corrected chi connectivity index (χ1v) is 5.12. The lowest BCUT2D eigenvalue weighted by molar-refractivity contribution is 0.0562. The molecule has 64 valence electrons. The van der Waals surface area contributed by atoms with E-state index in [4.69, 9.17) is 0 Å². The predicted octanol–water partition coefficient (Wildman–Crippen LogP) is 2.27. The summed E-state index contributed by atoms with van der Waals surface area (Å²) in [6, 6.07) is 0.968. The van der Waals surface area contributed by atoms with Gasteiger partial charge in [0, 0.05) is 6.04 Å². The van der Waals surface area contributed by atoms with Gasteiger partial charge in [-0.25, -0.2) is 0 Å². The summed E-state index contributed by atoms with van der Waals surface area (Å²) in [5.41, 5.74) is 0. The summed E-state index contributed by atoms with van der Waals surface area (Å²) in [6.45, 7) is 5.17. The van der Waals surface area contributed by atoms with Crippen molar-refractivity contribution < 1.29 is 0 Å². The number of rotatable bonds is 1. The Balaban J connectivity index is 1.83. The molecule has 2 fully saturated rings. The lowest BCUT2D eigenvalue weighted by Gasteiger charge is -2.44. The summed E-state index contributed by atoms with van der Waals surface area (Å²) in [7, 11) is 0. The molecule has 1 aliphatic heterocycles. The predicted molar refractivity (Wildman–Crippen MR) is 47.6 cm³/mol. The van der Waals surface area contributed by atoms with E-state index in [0.29, 0.717) is 0 Å². The van der Waals surface area contributed by atoms with Crippen LogP contribution in [0.5, 0.6) is 0 Å². The van der Waals surface area contributed by atoms with Crippen LogP contribution in [0.3, 0.4) is 0 Å². The standard InChI is InChI=1S/C10H19N/c1-9-5-6-10(9)11-7-3-2-4-8-11/h9-10H,2-8H2,1H3/t9-,10-/m0/s1. The fourth-order valence-electron chi connectivity index (χ4n) is 2.44. The minimum Gasteiger partial charge on any atom is -0.300 e. The van der Waals surface area contributed by atoms with Crippen LogP contribution in [0.2, 0.25) is 0 Å². The van der Waals surface area contributed by atoms with E-state index in [-0.39, 0.29) is 0 Å². The molecule has 2 atom stereocenters. The van der Waals surface area contributed by atoms with Gasteiger partial charge in [0.25, 0.3) is 0 Å². The van der Waals surface area contributed by atoms with Crippen LogP contribution in [0.1, 0.15) is 39.0 Å². The molecule has 0 aromatic carbocycles. The van der Waals surface area contributed by atoms with Crippen molar-refractivity contribution in [2.24, 2.45) is 5.92 Å². The highest BCUT2D eigenvalue weighted by Gasteiger charge is 2.32. The Hall–Kier alpha value is -0.0400. The highest BCUT2D eigenvalue weighted by molar-refractivity contribution is 4.87. The summed E-state index contributed by atoms with van der Waals surface area (Å²) in [4.78, 5) is 2.72. The number of nitrogens with zero attached hydrogens (tertiary/aromatic N) is 1. The summed E-state index contributed by atoms with van der Waals surface area (Å²) in [5, 5.41) is 0. The molecule has 0 N–H and O–H groups in total. The van der Waals surface area contributed by atoms with E-state index in [9.17, 15) is 0 Å². The van der Waals surface area contributed by atoms with E-state index in [1.54, 1.807) is 0 Å².